The molecule has 132 valence electrons. The van der Waals surface area contributed by atoms with Crippen molar-refractivity contribution in [1.29, 1.82) is 0 Å². The number of anilines is 2. The zero-order chi connectivity index (χ0) is 18.2. The van der Waals surface area contributed by atoms with Gasteiger partial charge in [-0.15, -0.1) is 0 Å². The molecule has 0 atom stereocenters. The minimum absolute atomic E-state index is 0.257. The molecule has 0 radical (unpaired) electrons. The lowest BCUT2D eigenvalue weighted by molar-refractivity contribution is -0.123. The van der Waals surface area contributed by atoms with Gasteiger partial charge in [0.2, 0.25) is 11.8 Å². The zero-order valence-corrected chi connectivity index (χ0v) is 14.8. The first-order chi connectivity index (χ1) is 12.0. The fourth-order valence-electron chi connectivity index (χ4n) is 2.50. The largest absolute Gasteiger partial charge is 0.492 e. The number of amides is 2. The van der Waals surface area contributed by atoms with Gasteiger partial charge in [0.05, 0.1) is 12.3 Å². The number of ether oxygens (including phenoxy) is 1. The second-order valence-electron chi connectivity index (χ2n) is 5.94. The van der Waals surface area contributed by atoms with Crippen LogP contribution in [0.1, 0.15) is 38.7 Å². The number of nitrogens with one attached hydrogen (secondary N) is 2. The van der Waals surface area contributed by atoms with Crippen molar-refractivity contribution < 1.29 is 14.3 Å². The van der Waals surface area contributed by atoms with E-state index in [1.54, 1.807) is 18.2 Å². The summed E-state index contributed by atoms with van der Waals surface area (Å²) in [5.74, 6) is 0.137. The van der Waals surface area contributed by atoms with Crippen LogP contribution < -0.4 is 15.4 Å². The van der Waals surface area contributed by atoms with Gasteiger partial charge in [0, 0.05) is 5.69 Å². The molecular formula is C20H24N2O3. The number of hydrogen-bond donors (Lipinski definition) is 2. The molecule has 0 aromatic heterocycles. The van der Waals surface area contributed by atoms with Crippen molar-refractivity contribution in [2.45, 2.75) is 33.1 Å². The van der Waals surface area contributed by atoms with E-state index in [-0.39, 0.29) is 24.2 Å². The predicted octanol–water partition coefficient (Wildman–Crippen LogP) is 4.18. The van der Waals surface area contributed by atoms with Gasteiger partial charge in [-0.3, -0.25) is 9.59 Å². The second-order valence-corrected chi connectivity index (χ2v) is 5.94. The predicted molar refractivity (Wildman–Crippen MR) is 100 cm³/mol. The molecule has 0 aliphatic rings. The number of carbonyl (C=O) groups is 2. The summed E-state index contributed by atoms with van der Waals surface area (Å²) in [4.78, 5) is 24.4. The maximum absolute atomic E-state index is 12.2. The van der Waals surface area contributed by atoms with Gasteiger partial charge in [0.25, 0.3) is 0 Å². The van der Waals surface area contributed by atoms with Crippen molar-refractivity contribution in [3.8, 4) is 5.75 Å². The summed E-state index contributed by atoms with van der Waals surface area (Å²) in [7, 11) is 0. The molecule has 2 rings (SSSR count). The molecule has 0 fully saturated rings. The summed E-state index contributed by atoms with van der Waals surface area (Å²) in [6, 6.07) is 14.8. The van der Waals surface area contributed by atoms with E-state index in [4.69, 9.17) is 4.74 Å². The van der Waals surface area contributed by atoms with Gasteiger partial charge in [0.15, 0.2) is 0 Å². The van der Waals surface area contributed by atoms with Crippen molar-refractivity contribution in [3.05, 3.63) is 54.1 Å². The van der Waals surface area contributed by atoms with E-state index in [9.17, 15) is 9.59 Å². The van der Waals surface area contributed by atoms with Crippen LogP contribution in [0.4, 0.5) is 11.4 Å². The van der Waals surface area contributed by atoms with Crippen molar-refractivity contribution in [1.82, 2.24) is 0 Å². The third-order valence-corrected chi connectivity index (χ3v) is 3.64. The fraction of sp³-hybridized carbons (Fsp3) is 0.300. The highest BCUT2D eigenvalue weighted by molar-refractivity contribution is 6.08. The Bertz CT molecular complexity index is 741. The Morgan fingerprint density at radius 1 is 0.920 bits per heavy atom. The molecule has 5 nitrogen and oxygen atoms in total. The lowest BCUT2D eigenvalue weighted by atomic mass is 10.0. The third-order valence-electron chi connectivity index (χ3n) is 3.64. The van der Waals surface area contributed by atoms with Crippen LogP contribution in [-0.4, -0.2) is 18.4 Å². The molecule has 0 aliphatic heterocycles. The summed E-state index contributed by atoms with van der Waals surface area (Å²) in [5.41, 5.74) is 2.34. The summed E-state index contributed by atoms with van der Waals surface area (Å²) in [6.45, 7) is 6.49. The molecule has 2 N–H and O–H groups in total. The quantitative estimate of drug-likeness (QED) is 0.743. The average molecular weight is 340 g/mol. The first-order valence-corrected chi connectivity index (χ1v) is 8.41. The molecule has 2 aromatic rings. The summed E-state index contributed by atoms with van der Waals surface area (Å²) >= 11 is 0. The first-order valence-electron chi connectivity index (χ1n) is 8.41. The summed E-state index contributed by atoms with van der Waals surface area (Å²) < 4.78 is 5.47. The van der Waals surface area contributed by atoms with E-state index in [0.29, 0.717) is 18.0 Å². The Kier molecular flexibility index (Phi) is 6.57. The van der Waals surface area contributed by atoms with Gasteiger partial charge in [-0.05, 0) is 36.6 Å². The molecule has 0 spiro atoms. The molecule has 25 heavy (non-hydrogen) atoms. The van der Waals surface area contributed by atoms with Crippen molar-refractivity contribution in [2.75, 3.05) is 17.2 Å². The lowest BCUT2D eigenvalue weighted by Gasteiger charge is -2.14. The minimum atomic E-state index is -0.383. The molecule has 0 bridgehead atoms. The molecule has 0 saturated carbocycles. The van der Waals surface area contributed by atoms with E-state index in [2.05, 4.69) is 24.5 Å². The number of para-hydroxylation sites is 3. The van der Waals surface area contributed by atoms with Crippen LogP contribution in [0.2, 0.25) is 0 Å². The molecule has 2 aromatic carbocycles. The Balaban J connectivity index is 1.98. The van der Waals surface area contributed by atoms with Crippen LogP contribution in [0, 0.1) is 0 Å². The van der Waals surface area contributed by atoms with Crippen LogP contribution in [0.5, 0.6) is 5.75 Å². The standard InChI is InChI=1S/C20H24N2O3/c1-4-25-18-12-8-7-11-17(18)22-20(24)13-19(23)21-16-10-6-5-9-15(16)14(2)3/h5-12,14H,4,13H2,1-3H3,(H,21,23)(H,22,24). The van der Waals surface area contributed by atoms with Crippen LogP contribution in [0.3, 0.4) is 0 Å². The van der Waals surface area contributed by atoms with E-state index in [0.717, 1.165) is 11.3 Å². The molecule has 2 amide bonds. The maximum Gasteiger partial charge on any atom is 0.233 e. The lowest BCUT2D eigenvalue weighted by Crippen LogP contribution is -2.22. The normalized spacial score (nSPS) is 10.4. The Morgan fingerprint density at radius 3 is 2.12 bits per heavy atom. The van der Waals surface area contributed by atoms with Crippen LogP contribution >= 0.6 is 0 Å². The van der Waals surface area contributed by atoms with E-state index < -0.39 is 0 Å². The van der Waals surface area contributed by atoms with Gasteiger partial charge >= 0.3 is 0 Å². The van der Waals surface area contributed by atoms with Crippen LogP contribution in [0.15, 0.2) is 48.5 Å². The molecule has 0 saturated heterocycles. The van der Waals surface area contributed by atoms with Gasteiger partial charge in [-0.1, -0.05) is 44.2 Å². The number of benzene rings is 2. The second kappa shape index (κ2) is 8.87. The van der Waals surface area contributed by atoms with Crippen molar-refractivity contribution in [3.63, 3.8) is 0 Å². The highest BCUT2D eigenvalue weighted by atomic mass is 16.5. The number of rotatable bonds is 7. The Hall–Kier alpha value is -2.82. The van der Waals surface area contributed by atoms with Gasteiger partial charge in [-0.2, -0.15) is 0 Å². The van der Waals surface area contributed by atoms with Gasteiger partial charge in [-0.25, -0.2) is 0 Å². The smallest absolute Gasteiger partial charge is 0.233 e. The van der Waals surface area contributed by atoms with Crippen LogP contribution in [-0.2, 0) is 9.59 Å². The van der Waals surface area contributed by atoms with Crippen molar-refractivity contribution >= 4 is 23.2 Å². The maximum atomic E-state index is 12.2. The third kappa shape index (κ3) is 5.35. The number of carbonyl (C=O) groups excluding carboxylic acids is 2. The van der Waals surface area contributed by atoms with E-state index >= 15 is 0 Å². The van der Waals surface area contributed by atoms with Gasteiger partial charge < -0.3 is 15.4 Å². The molecule has 0 heterocycles. The van der Waals surface area contributed by atoms with Gasteiger partial charge in [0.1, 0.15) is 12.2 Å². The highest BCUT2D eigenvalue weighted by Gasteiger charge is 2.14. The Morgan fingerprint density at radius 2 is 1.48 bits per heavy atom. The fourth-order valence-corrected chi connectivity index (χ4v) is 2.50. The Labute approximate surface area is 148 Å². The monoisotopic (exact) mass is 340 g/mol. The van der Waals surface area contributed by atoms with E-state index in [1.165, 1.54) is 0 Å². The molecule has 0 unspecified atom stereocenters. The zero-order valence-electron chi connectivity index (χ0n) is 14.8. The summed E-state index contributed by atoms with van der Waals surface area (Å²) in [6.07, 6.45) is -0.257. The average Bonchev–Trinajstić information content (AvgIpc) is 2.57. The molecule has 5 heteroatoms. The van der Waals surface area contributed by atoms with E-state index in [1.807, 2.05) is 37.3 Å². The minimum Gasteiger partial charge on any atom is -0.492 e. The highest BCUT2D eigenvalue weighted by Crippen LogP contribution is 2.25. The number of hydrogen-bond acceptors (Lipinski definition) is 3. The first kappa shape index (κ1) is 18.5. The summed E-state index contributed by atoms with van der Waals surface area (Å²) in [5, 5.41) is 5.54. The van der Waals surface area contributed by atoms with Crippen molar-refractivity contribution in [2.24, 2.45) is 0 Å². The SMILES string of the molecule is CCOc1ccccc1NC(=O)CC(=O)Nc1ccccc1C(C)C. The van der Waals surface area contributed by atoms with Crippen LogP contribution in [0.25, 0.3) is 0 Å². The topological polar surface area (TPSA) is 67.4 Å². The molecule has 0 aliphatic carbocycles. The molecular weight excluding hydrogens is 316 g/mol.